The van der Waals surface area contributed by atoms with Gasteiger partial charge in [-0.3, -0.25) is 0 Å². The summed E-state index contributed by atoms with van der Waals surface area (Å²) in [6.45, 7) is 4.71. The third kappa shape index (κ3) is 2.50. The molecule has 0 saturated heterocycles. The fourth-order valence-electron chi connectivity index (χ4n) is 1.89. The van der Waals surface area contributed by atoms with Gasteiger partial charge in [0.2, 0.25) is 0 Å². The van der Waals surface area contributed by atoms with Gasteiger partial charge in [0.25, 0.3) is 0 Å². The van der Waals surface area contributed by atoms with Crippen LogP contribution in [0.3, 0.4) is 0 Å². The monoisotopic (exact) mass is 234 g/mol. The summed E-state index contributed by atoms with van der Waals surface area (Å²) in [6.07, 6.45) is 1.68. The van der Waals surface area contributed by atoms with E-state index < -0.39 is 0 Å². The number of aromatic nitrogens is 3. The summed E-state index contributed by atoms with van der Waals surface area (Å²) in [6, 6.07) is 4.72. The lowest BCUT2D eigenvalue weighted by atomic mass is 9.99. The molecule has 0 aliphatic carbocycles. The minimum Gasteiger partial charge on any atom is -0.305 e. The Morgan fingerprint density at radius 3 is 2.88 bits per heavy atom. The van der Waals surface area contributed by atoms with Crippen molar-refractivity contribution in [3.05, 3.63) is 47.0 Å². The van der Waals surface area contributed by atoms with E-state index in [4.69, 9.17) is 0 Å². The molecule has 1 aromatic heterocycles. The molecule has 2 N–H and O–H groups in total. The number of nitrogens with one attached hydrogen (secondary N) is 2. The Morgan fingerprint density at radius 2 is 2.29 bits per heavy atom. The van der Waals surface area contributed by atoms with Gasteiger partial charge in [-0.25, -0.2) is 4.39 Å². The molecule has 0 bridgehead atoms. The van der Waals surface area contributed by atoms with Crippen LogP contribution in [-0.2, 0) is 0 Å². The SMILES string of the molecule is CCNC(c1cn[nH]n1)c1ccc(F)cc1C. The van der Waals surface area contributed by atoms with Gasteiger partial charge in [-0.2, -0.15) is 15.4 Å². The molecule has 1 atom stereocenters. The fourth-order valence-corrected chi connectivity index (χ4v) is 1.89. The van der Waals surface area contributed by atoms with Crippen molar-refractivity contribution < 1.29 is 4.39 Å². The lowest BCUT2D eigenvalue weighted by Gasteiger charge is -2.17. The molecule has 0 saturated carbocycles. The number of H-pyrrole nitrogens is 1. The van der Waals surface area contributed by atoms with Crippen LogP contribution in [0.15, 0.2) is 24.4 Å². The highest BCUT2D eigenvalue weighted by Crippen LogP contribution is 2.23. The first-order valence-corrected chi connectivity index (χ1v) is 5.57. The predicted octanol–water partition coefficient (Wildman–Crippen LogP) is 1.95. The van der Waals surface area contributed by atoms with Crippen molar-refractivity contribution in [3.63, 3.8) is 0 Å². The van der Waals surface area contributed by atoms with Crippen molar-refractivity contribution in [2.45, 2.75) is 19.9 Å². The van der Waals surface area contributed by atoms with E-state index in [1.165, 1.54) is 12.1 Å². The van der Waals surface area contributed by atoms with Gasteiger partial charge in [-0.15, -0.1) is 0 Å². The Bertz CT molecular complexity index is 481. The number of benzene rings is 1. The maximum Gasteiger partial charge on any atom is 0.123 e. The minimum atomic E-state index is -0.221. The van der Waals surface area contributed by atoms with E-state index in [0.717, 1.165) is 23.4 Å². The molecule has 4 nitrogen and oxygen atoms in total. The van der Waals surface area contributed by atoms with Crippen molar-refractivity contribution >= 4 is 0 Å². The molecule has 1 unspecified atom stereocenters. The summed E-state index contributed by atoms with van der Waals surface area (Å²) in [5, 5.41) is 13.8. The molecule has 0 aliphatic rings. The fraction of sp³-hybridized carbons (Fsp3) is 0.333. The third-order valence-corrected chi connectivity index (χ3v) is 2.68. The maximum atomic E-state index is 13.1. The Balaban J connectivity index is 2.39. The van der Waals surface area contributed by atoms with Crippen LogP contribution in [0.2, 0.25) is 0 Å². The molecule has 0 fully saturated rings. The van der Waals surface area contributed by atoms with E-state index in [-0.39, 0.29) is 11.9 Å². The van der Waals surface area contributed by atoms with Crippen molar-refractivity contribution in [2.24, 2.45) is 0 Å². The number of aromatic amines is 1. The van der Waals surface area contributed by atoms with E-state index >= 15 is 0 Å². The summed E-state index contributed by atoms with van der Waals surface area (Å²) < 4.78 is 13.1. The number of hydrogen-bond acceptors (Lipinski definition) is 3. The summed E-state index contributed by atoms with van der Waals surface area (Å²) >= 11 is 0. The van der Waals surface area contributed by atoms with Crippen LogP contribution < -0.4 is 5.32 Å². The Morgan fingerprint density at radius 1 is 1.47 bits per heavy atom. The van der Waals surface area contributed by atoms with Crippen LogP contribution in [0.25, 0.3) is 0 Å². The first kappa shape index (κ1) is 11.7. The van der Waals surface area contributed by atoms with E-state index in [9.17, 15) is 4.39 Å². The number of aryl methyl sites for hydroxylation is 1. The third-order valence-electron chi connectivity index (χ3n) is 2.68. The second kappa shape index (κ2) is 5.05. The zero-order valence-electron chi connectivity index (χ0n) is 9.87. The maximum absolute atomic E-state index is 13.1. The Labute approximate surface area is 99.2 Å². The van der Waals surface area contributed by atoms with Gasteiger partial charge in [-0.05, 0) is 36.7 Å². The molecule has 0 radical (unpaired) electrons. The van der Waals surface area contributed by atoms with Crippen molar-refractivity contribution in [3.8, 4) is 0 Å². The lowest BCUT2D eigenvalue weighted by Crippen LogP contribution is -2.23. The van der Waals surface area contributed by atoms with Gasteiger partial charge in [-0.1, -0.05) is 13.0 Å². The second-order valence-corrected chi connectivity index (χ2v) is 3.89. The van der Waals surface area contributed by atoms with Crippen LogP contribution in [0.1, 0.15) is 29.8 Å². The second-order valence-electron chi connectivity index (χ2n) is 3.89. The zero-order chi connectivity index (χ0) is 12.3. The molecule has 1 aromatic carbocycles. The quantitative estimate of drug-likeness (QED) is 0.850. The van der Waals surface area contributed by atoms with Gasteiger partial charge in [0.15, 0.2) is 0 Å². The summed E-state index contributed by atoms with van der Waals surface area (Å²) in [5.41, 5.74) is 2.72. The van der Waals surface area contributed by atoms with Gasteiger partial charge < -0.3 is 5.32 Å². The molecular formula is C12H15FN4. The zero-order valence-corrected chi connectivity index (χ0v) is 9.87. The number of rotatable bonds is 4. The smallest absolute Gasteiger partial charge is 0.123 e. The molecule has 0 spiro atoms. The molecule has 1 heterocycles. The number of hydrogen-bond donors (Lipinski definition) is 2. The summed E-state index contributed by atoms with van der Waals surface area (Å²) in [5.74, 6) is -0.221. The van der Waals surface area contributed by atoms with E-state index in [0.29, 0.717) is 0 Å². The topological polar surface area (TPSA) is 53.6 Å². The first-order chi connectivity index (χ1) is 8.22. The Hall–Kier alpha value is -1.75. The van der Waals surface area contributed by atoms with Crippen molar-refractivity contribution in [1.29, 1.82) is 0 Å². The van der Waals surface area contributed by atoms with Crippen LogP contribution in [0.5, 0.6) is 0 Å². The Kier molecular flexibility index (Phi) is 3.49. The van der Waals surface area contributed by atoms with E-state index in [2.05, 4.69) is 20.7 Å². The minimum absolute atomic E-state index is 0.0562. The average Bonchev–Trinajstić information content (AvgIpc) is 2.80. The number of halogens is 1. The van der Waals surface area contributed by atoms with Crippen LogP contribution in [-0.4, -0.2) is 22.0 Å². The standard InChI is InChI=1S/C12H15FN4/c1-3-14-12(11-7-15-17-16-11)10-5-4-9(13)6-8(10)2/h4-7,12,14H,3H2,1-2H3,(H,15,16,17). The highest BCUT2D eigenvalue weighted by molar-refractivity contribution is 5.33. The van der Waals surface area contributed by atoms with Crippen molar-refractivity contribution in [2.75, 3.05) is 6.54 Å². The highest BCUT2D eigenvalue weighted by Gasteiger charge is 2.17. The molecule has 2 aromatic rings. The van der Waals surface area contributed by atoms with Gasteiger partial charge in [0.1, 0.15) is 11.5 Å². The molecule has 0 aliphatic heterocycles. The molecule has 17 heavy (non-hydrogen) atoms. The van der Waals surface area contributed by atoms with E-state index in [1.807, 2.05) is 13.8 Å². The predicted molar refractivity (Wildman–Crippen MR) is 63.0 cm³/mol. The first-order valence-electron chi connectivity index (χ1n) is 5.57. The van der Waals surface area contributed by atoms with Gasteiger partial charge >= 0.3 is 0 Å². The molecule has 90 valence electrons. The largest absolute Gasteiger partial charge is 0.305 e. The lowest BCUT2D eigenvalue weighted by molar-refractivity contribution is 0.600. The van der Waals surface area contributed by atoms with Crippen molar-refractivity contribution in [1.82, 2.24) is 20.7 Å². The van der Waals surface area contributed by atoms with Gasteiger partial charge in [0, 0.05) is 0 Å². The molecular weight excluding hydrogens is 219 g/mol. The summed E-state index contributed by atoms with van der Waals surface area (Å²) in [4.78, 5) is 0. The van der Waals surface area contributed by atoms with Crippen LogP contribution >= 0.6 is 0 Å². The number of nitrogens with zero attached hydrogens (tertiary/aromatic N) is 2. The van der Waals surface area contributed by atoms with Crippen LogP contribution in [0, 0.1) is 12.7 Å². The highest BCUT2D eigenvalue weighted by atomic mass is 19.1. The normalized spacial score (nSPS) is 12.6. The molecule has 0 amide bonds. The van der Waals surface area contributed by atoms with Gasteiger partial charge in [0.05, 0.1) is 12.2 Å². The van der Waals surface area contributed by atoms with E-state index in [1.54, 1.807) is 12.3 Å². The van der Waals surface area contributed by atoms with Crippen LogP contribution in [0.4, 0.5) is 4.39 Å². The average molecular weight is 234 g/mol. The molecule has 5 heteroatoms. The molecule has 2 rings (SSSR count). The summed E-state index contributed by atoms with van der Waals surface area (Å²) in [7, 11) is 0.